The van der Waals surface area contributed by atoms with E-state index >= 15 is 0 Å². The van der Waals surface area contributed by atoms with Crippen LogP contribution in [0.3, 0.4) is 0 Å². The van der Waals surface area contributed by atoms with Crippen molar-refractivity contribution in [3.05, 3.63) is 60.3 Å². The number of H-pyrrole nitrogens is 1. The molecule has 4 heterocycles. The lowest BCUT2D eigenvalue weighted by Gasteiger charge is -2.34. The van der Waals surface area contributed by atoms with Crippen LogP contribution in [-0.2, 0) is 5.54 Å². The van der Waals surface area contributed by atoms with Crippen molar-refractivity contribution in [2.75, 3.05) is 31.1 Å². The van der Waals surface area contributed by atoms with Crippen molar-refractivity contribution >= 4 is 5.82 Å². The molecule has 4 rings (SSSR count). The van der Waals surface area contributed by atoms with Gasteiger partial charge in [-0.05, 0) is 49.4 Å². The molecule has 3 aromatic heterocycles. The molecule has 0 amide bonds. The van der Waals surface area contributed by atoms with Crippen LogP contribution in [0.15, 0.2) is 48.9 Å². The highest BCUT2D eigenvalue weighted by Crippen LogP contribution is 2.22. The van der Waals surface area contributed by atoms with Crippen molar-refractivity contribution in [3.63, 3.8) is 0 Å². The average Bonchev–Trinajstić information content (AvgIpc) is 3.20. The van der Waals surface area contributed by atoms with Gasteiger partial charge in [-0.3, -0.25) is 9.88 Å². The Morgan fingerprint density at radius 2 is 1.93 bits per heavy atom. The average molecular weight is 381 g/mol. The molecule has 0 bridgehead atoms. The van der Waals surface area contributed by atoms with Crippen molar-refractivity contribution < 1.29 is 9.88 Å². The van der Waals surface area contributed by atoms with Crippen LogP contribution in [0.2, 0.25) is 0 Å². The molecular weight excluding hydrogens is 352 g/mol. The second-order valence-corrected chi connectivity index (χ2v) is 8.23. The highest BCUT2D eigenvalue weighted by Gasteiger charge is 2.38. The lowest BCUT2D eigenvalue weighted by atomic mass is 10.0. The van der Waals surface area contributed by atoms with E-state index in [0.717, 1.165) is 37.6 Å². The van der Waals surface area contributed by atoms with Gasteiger partial charge in [0.25, 0.3) is 5.82 Å². The van der Waals surface area contributed by atoms with E-state index < -0.39 is 0 Å². The van der Waals surface area contributed by atoms with Crippen LogP contribution in [-0.4, -0.2) is 51.4 Å². The SMILES string of the molecule is CC(C)(C)n1nnnc1[C@H](c1cccnc1)[NH+]1CCN(c2cccc[nH+]2)CC1. The standard InChI is InChI=1S/C20H26N8/c1-20(2,3)28-19(23-24-25-28)18(16-7-6-9-21-15-16)27-13-11-26(12-14-27)17-8-4-5-10-22-17/h4-10,15,18H,11-14H2,1-3H3/p+2/t18-/m0/s1. The molecule has 0 radical (unpaired) electrons. The molecule has 1 aliphatic rings. The zero-order chi connectivity index (χ0) is 19.6. The number of tetrazole rings is 1. The number of anilines is 1. The van der Waals surface area contributed by atoms with Crippen LogP contribution in [0.4, 0.5) is 5.82 Å². The van der Waals surface area contributed by atoms with Gasteiger partial charge in [-0.25, -0.2) is 9.67 Å². The van der Waals surface area contributed by atoms with E-state index in [1.54, 1.807) is 0 Å². The molecule has 1 atom stereocenters. The first-order chi connectivity index (χ1) is 13.5. The van der Waals surface area contributed by atoms with E-state index in [9.17, 15) is 0 Å². The molecule has 1 saturated heterocycles. The molecule has 1 aliphatic heterocycles. The molecule has 0 unspecified atom stereocenters. The number of hydrogen-bond acceptors (Lipinski definition) is 5. The first kappa shape index (κ1) is 18.5. The van der Waals surface area contributed by atoms with Gasteiger partial charge in [0.2, 0.25) is 5.82 Å². The van der Waals surface area contributed by atoms with Crippen LogP contribution in [0.5, 0.6) is 0 Å². The maximum absolute atomic E-state index is 4.45. The normalized spacial score (nSPS) is 16.9. The molecular formula is C20H28N8+2. The fourth-order valence-corrected chi connectivity index (χ4v) is 3.87. The highest BCUT2D eigenvalue weighted by molar-refractivity contribution is 5.32. The highest BCUT2D eigenvalue weighted by atomic mass is 15.6. The number of rotatable bonds is 4. The summed E-state index contributed by atoms with van der Waals surface area (Å²) in [6.07, 6.45) is 5.73. The molecule has 0 spiro atoms. The number of quaternary nitrogens is 1. The first-order valence-electron chi connectivity index (χ1n) is 9.79. The van der Waals surface area contributed by atoms with E-state index in [1.807, 2.05) is 35.4 Å². The molecule has 2 N–H and O–H groups in total. The van der Waals surface area contributed by atoms with E-state index in [1.165, 1.54) is 10.7 Å². The molecule has 0 saturated carbocycles. The van der Waals surface area contributed by atoms with Crippen molar-refractivity contribution in [2.45, 2.75) is 32.4 Å². The summed E-state index contributed by atoms with van der Waals surface area (Å²) in [4.78, 5) is 11.6. The summed E-state index contributed by atoms with van der Waals surface area (Å²) < 4.78 is 1.95. The molecule has 3 aromatic rings. The van der Waals surface area contributed by atoms with E-state index in [4.69, 9.17) is 0 Å². The smallest absolute Gasteiger partial charge is 0.274 e. The molecule has 0 aliphatic carbocycles. The van der Waals surface area contributed by atoms with Crippen molar-refractivity contribution in [2.24, 2.45) is 0 Å². The van der Waals surface area contributed by atoms with E-state index in [-0.39, 0.29) is 11.6 Å². The van der Waals surface area contributed by atoms with Crippen LogP contribution in [0.25, 0.3) is 0 Å². The summed E-state index contributed by atoms with van der Waals surface area (Å²) in [6.45, 7) is 10.3. The van der Waals surface area contributed by atoms with Crippen molar-refractivity contribution in [3.8, 4) is 0 Å². The Morgan fingerprint density at radius 1 is 1.11 bits per heavy atom. The van der Waals surface area contributed by atoms with Gasteiger partial charge in [-0.15, -0.1) is 5.10 Å². The summed E-state index contributed by atoms with van der Waals surface area (Å²) >= 11 is 0. The maximum atomic E-state index is 4.45. The minimum absolute atomic E-state index is 0.0600. The number of nitrogens with zero attached hydrogens (tertiary/aromatic N) is 6. The zero-order valence-corrected chi connectivity index (χ0v) is 16.7. The summed E-state index contributed by atoms with van der Waals surface area (Å²) in [5.74, 6) is 2.06. The fourth-order valence-electron chi connectivity index (χ4n) is 3.87. The second-order valence-electron chi connectivity index (χ2n) is 8.23. The number of aromatic nitrogens is 6. The quantitative estimate of drug-likeness (QED) is 0.696. The fraction of sp³-hybridized carbons (Fsp3) is 0.450. The van der Waals surface area contributed by atoms with Crippen molar-refractivity contribution in [1.82, 2.24) is 25.2 Å². The topological polar surface area (TPSA) is 78.3 Å². The minimum atomic E-state index is -0.181. The Bertz CT molecular complexity index is 879. The maximum Gasteiger partial charge on any atom is 0.274 e. The molecule has 8 heteroatoms. The summed E-state index contributed by atoms with van der Waals surface area (Å²) in [7, 11) is 0. The number of piperazine rings is 1. The molecule has 146 valence electrons. The Balaban J connectivity index is 1.62. The lowest BCUT2D eigenvalue weighted by molar-refractivity contribution is -0.927. The number of aromatic amines is 1. The molecule has 1 fully saturated rings. The van der Waals surface area contributed by atoms with Gasteiger partial charge in [0.1, 0.15) is 26.2 Å². The van der Waals surface area contributed by atoms with Gasteiger partial charge in [0, 0.05) is 24.0 Å². The predicted octanol–water partition coefficient (Wildman–Crippen LogP) is 0.132. The first-order valence-corrected chi connectivity index (χ1v) is 9.79. The minimum Gasteiger partial charge on any atom is -0.316 e. The molecule has 0 aromatic carbocycles. The Hall–Kier alpha value is -2.87. The van der Waals surface area contributed by atoms with Gasteiger partial charge in [0.05, 0.1) is 11.7 Å². The van der Waals surface area contributed by atoms with E-state index in [0.29, 0.717) is 0 Å². The van der Waals surface area contributed by atoms with Crippen LogP contribution >= 0.6 is 0 Å². The number of hydrogen-bond donors (Lipinski definition) is 1. The second kappa shape index (κ2) is 7.63. The van der Waals surface area contributed by atoms with Crippen LogP contribution < -0.4 is 14.8 Å². The number of pyridine rings is 2. The van der Waals surface area contributed by atoms with Gasteiger partial charge < -0.3 is 4.90 Å². The third kappa shape index (κ3) is 3.73. The largest absolute Gasteiger partial charge is 0.316 e. The van der Waals surface area contributed by atoms with Gasteiger partial charge >= 0.3 is 0 Å². The third-order valence-electron chi connectivity index (χ3n) is 5.25. The molecule has 28 heavy (non-hydrogen) atoms. The summed E-state index contributed by atoms with van der Waals surface area (Å²) in [5.41, 5.74) is 0.969. The Labute approximate surface area is 165 Å². The Kier molecular flexibility index (Phi) is 5.04. The van der Waals surface area contributed by atoms with Gasteiger partial charge in [0.15, 0.2) is 6.04 Å². The zero-order valence-electron chi connectivity index (χ0n) is 16.7. The molecule has 8 nitrogen and oxygen atoms in total. The van der Waals surface area contributed by atoms with Gasteiger partial charge in [-0.1, -0.05) is 6.07 Å². The third-order valence-corrected chi connectivity index (χ3v) is 5.25. The van der Waals surface area contributed by atoms with E-state index in [2.05, 4.69) is 69.4 Å². The predicted molar refractivity (Wildman–Crippen MR) is 105 cm³/mol. The van der Waals surface area contributed by atoms with Crippen molar-refractivity contribution in [1.29, 1.82) is 0 Å². The van der Waals surface area contributed by atoms with Crippen LogP contribution in [0, 0.1) is 0 Å². The van der Waals surface area contributed by atoms with Gasteiger partial charge in [-0.2, -0.15) is 0 Å². The number of nitrogens with one attached hydrogen (secondary N) is 2. The Morgan fingerprint density at radius 3 is 2.57 bits per heavy atom. The lowest BCUT2D eigenvalue weighted by Crippen LogP contribution is -3.15. The van der Waals surface area contributed by atoms with Crippen LogP contribution in [0.1, 0.15) is 38.2 Å². The summed E-state index contributed by atoms with van der Waals surface area (Å²) in [6, 6.07) is 10.4. The monoisotopic (exact) mass is 380 g/mol. The summed E-state index contributed by atoms with van der Waals surface area (Å²) in [5, 5.41) is 12.7.